The summed E-state index contributed by atoms with van der Waals surface area (Å²) in [4.78, 5) is 24.6. The van der Waals surface area contributed by atoms with Gasteiger partial charge >= 0.3 is 29.6 Å². The molecule has 0 bridgehead atoms. The van der Waals surface area contributed by atoms with Crippen LogP contribution in [0.3, 0.4) is 0 Å². The summed E-state index contributed by atoms with van der Waals surface area (Å²) in [5, 5.41) is 20.3. The molecule has 0 aromatic carbocycles. The van der Waals surface area contributed by atoms with Crippen molar-refractivity contribution in [3.63, 3.8) is 0 Å². The first kappa shape index (κ1) is 15.9. The van der Waals surface area contributed by atoms with E-state index in [-0.39, 0.29) is 47.0 Å². The fraction of sp³-hybridized carbons (Fsp3) is 0. The van der Waals surface area contributed by atoms with E-state index in [9.17, 15) is 4.91 Å². The standard InChI is InChI=1S/C4H5N5O2.HNO2.Na/c5-2-1(9-11)3(10)8-4(6)7-2;2-1-3;/h(H5,5,6,7,8,10);(H,2,3);/q;;+1/p-1. The number of nitrogen functional groups attached to an aromatic ring is 2. The Kier molecular flexibility index (Phi) is 8.33. The van der Waals surface area contributed by atoms with Gasteiger partial charge in [0.2, 0.25) is 17.5 Å². The second-order valence-electron chi connectivity index (χ2n) is 1.81. The average molecular weight is 224 g/mol. The maximum absolute atomic E-state index is 9.95. The summed E-state index contributed by atoms with van der Waals surface area (Å²) in [7, 11) is 0. The van der Waals surface area contributed by atoms with E-state index >= 15 is 0 Å². The van der Waals surface area contributed by atoms with Crippen LogP contribution in [0.25, 0.3) is 0 Å². The molecule has 0 unspecified atom stereocenters. The molecule has 0 aliphatic rings. The minimum absolute atomic E-state index is 0. The molecule has 0 radical (unpaired) electrons. The number of nitrogens with zero attached hydrogens (tertiary/aromatic N) is 4. The van der Waals surface area contributed by atoms with Gasteiger partial charge in [-0.05, 0) is 5.18 Å². The van der Waals surface area contributed by atoms with E-state index in [2.05, 4.69) is 15.1 Å². The molecule has 1 aromatic heterocycles. The first-order chi connectivity index (χ1) is 6.56. The molecule has 15 heavy (non-hydrogen) atoms. The molecule has 1 rings (SSSR count). The summed E-state index contributed by atoms with van der Waals surface area (Å²) in [6.45, 7) is 0. The van der Waals surface area contributed by atoms with Crippen LogP contribution in [0.2, 0.25) is 0 Å². The zero-order valence-corrected chi connectivity index (χ0v) is 9.62. The van der Waals surface area contributed by atoms with Gasteiger partial charge in [0, 0.05) is 0 Å². The third-order valence-corrected chi connectivity index (χ3v) is 1.00. The SMILES string of the molecule is Nc1nc(N)c(N=O)c(O)n1.O=N[O-].[Na+]. The van der Waals surface area contributed by atoms with Crippen molar-refractivity contribution < 1.29 is 34.7 Å². The monoisotopic (exact) mass is 224 g/mol. The zero-order chi connectivity index (χ0) is 11.1. The molecule has 0 saturated carbocycles. The second kappa shape index (κ2) is 7.84. The maximum Gasteiger partial charge on any atom is 1.00 e. The van der Waals surface area contributed by atoms with E-state index in [1.165, 1.54) is 0 Å². The number of aromatic nitrogens is 2. The van der Waals surface area contributed by atoms with Gasteiger partial charge in [-0.2, -0.15) is 9.97 Å². The molecule has 0 spiro atoms. The Balaban J connectivity index is 0. The summed E-state index contributed by atoms with van der Waals surface area (Å²) in [6, 6.07) is 0. The predicted molar refractivity (Wildman–Crippen MR) is 47.1 cm³/mol. The Morgan fingerprint density at radius 1 is 1.27 bits per heavy atom. The van der Waals surface area contributed by atoms with Crippen LogP contribution in [0.1, 0.15) is 0 Å². The van der Waals surface area contributed by atoms with Crippen molar-refractivity contribution in [1.29, 1.82) is 0 Å². The van der Waals surface area contributed by atoms with Gasteiger partial charge in [-0.1, -0.05) is 0 Å². The summed E-state index contributed by atoms with van der Waals surface area (Å²) in [5.41, 5.74) is 9.84. The number of hydrogen-bond acceptors (Lipinski definition) is 10. The molecular formula is C4H5N6NaO4. The molecular weight excluding hydrogens is 219 g/mol. The number of nitroso groups, excluding NO2 is 1. The van der Waals surface area contributed by atoms with Gasteiger partial charge in [0.1, 0.15) is 0 Å². The van der Waals surface area contributed by atoms with Gasteiger partial charge < -0.3 is 26.7 Å². The minimum Gasteiger partial charge on any atom is -0.491 e. The normalized spacial score (nSPS) is 7.73. The Bertz CT molecular complexity index is 323. The molecule has 11 heteroatoms. The molecule has 0 aliphatic heterocycles. The largest absolute Gasteiger partial charge is 1.00 e. The first-order valence-corrected chi connectivity index (χ1v) is 2.97. The van der Waals surface area contributed by atoms with Gasteiger partial charge in [0.25, 0.3) is 0 Å². The maximum atomic E-state index is 9.95. The summed E-state index contributed by atoms with van der Waals surface area (Å²) in [5.74, 6) is -1.04. The van der Waals surface area contributed by atoms with Crippen molar-refractivity contribution >= 4 is 17.5 Å². The molecule has 1 aromatic rings. The molecule has 10 nitrogen and oxygen atoms in total. The zero-order valence-electron chi connectivity index (χ0n) is 7.62. The Hall–Kier alpha value is -1.52. The second-order valence-corrected chi connectivity index (χ2v) is 1.81. The van der Waals surface area contributed by atoms with Gasteiger partial charge in [-0.25, -0.2) is 0 Å². The molecule has 0 aliphatic carbocycles. The third-order valence-electron chi connectivity index (χ3n) is 1.00. The van der Waals surface area contributed by atoms with Crippen molar-refractivity contribution in [3.8, 4) is 5.88 Å². The molecule has 1 heterocycles. The van der Waals surface area contributed by atoms with Gasteiger partial charge in [0.05, 0.1) is 0 Å². The number of hydrogen-bond donors (Lipinski definition) is 3. The quantitative estimate of drug-likeness (QED) is 0.256. The van der Waals surface area contributed by atoms with Crippen LogP contribution in [0.15, 0.2) is 10.5 Å². The molecule has 0 fully saturated rings. The number of aromatic hydroxyl groups is 1. The fourth-order valence-corrected chi connectivity index (χ4v) is 0.565. The van der Waals surface area contributed by atoms with Gasteiger partial charge in [-0.3, -0.25) is 0 Å². The van der Waals surface area contributed by atoms with E-state index in [1.54, 1.807) is 0 Å². The van der Waals surface area contributed by atoms with E-state index in [0.717, 1.165) is 5.34 Å². The summed E-state index contributed by atoms with van der Waals surface area (Å²) >= 11 is 0. The smallest absolute Gasteiger partial charge is 0.491 e. The Labute approximate surface area is 105 Å². The molecule has 76 valence electrons. The van der Waals surface area contributed by atoms with E-state index in [1.807, 2.05) is 0 Å². The average Bonchev–Trinajstić information content (AvgIpc) is 2.04. The Morgan fingerprint density at radius 2 is 1.73 bits per heavy atom. The van der Waals surface area contributed by atoms with Crippen LogP contribution in [0.4, 0.5) is 17.5 Å². The van der Waals surface area contributed by atoms with E-state index < -0.39 is 5.88 Å². The van der Waals surface area contributed by atoms with Crippen LogP contribution in [-0.4, -0.2) is 15.1 Å². The van der Waals surface area contributed by atoms with Crippen molar-refractivity contribution in [2.24, 2.45) is 10.5 Å². The van der Waals surface area contributed by atoms with Crippen LogP contribution in [0, 0.1) is 15.0 Å². The Morgan fingerprint density at radius 3 is 2.07 bits per heavy atom. The van der Waals surface area contributed by atoms with Gasteiger partial charge in [-0.15, -0.1) is 10.2 Å². The van der Waals surface area contributed by atoms with Crippen molar-refractivity contribution in [2.75, 3.05) is 11.5 Å². The topological polar surface area (TPSA) is 180 Å². The van der Waals surface area contributed by atoms with Crippen LogP contribution >= 0.6 is 0 Å². The molecule has 0 amide bonds. The molecule has 0 saturated heterocycles. The van der Waals surface area contributed by atoms with E-state index in [4.69, 9.17) is 26.7 Å². The third kappa shape index (κ3) is 5.05. The summed E-state index contributed by atoms with van der Waals surface area (Å²) < 4.78 is 0. The first-order valence-electron chi connectivity index (χ1n) is 2.97. The van der Waals surface area contributed by atoms with Gasteiger partial charge in [0.15, 0.2) is 5.82 Å². The van der Waals surface area contributed by atoms with Crippen molar-refractivity contribution in [3.05, 3.63) is 15.0 Å². The van der Waals surface area contributed by atoms with Crippen molar-refractivity contribution in [2.45, 2.75) is 0 Å². The number of nitrogens with two attached hydrogens (primary N) is 2. The number of anilines is 2. The minimum atomic E-state index is -0.606. The molecule has 5 N–H and O–H groups in total. The summed E-state index contributed by atoms with van der Waals surface area (Å²) in [6.07, 6.45) is 0. The number of rotatable bonds is 1. The van der Waals surface area contributed by atoms with Crippen LogP contribution < -0.4 is 41.0 Å². The van der Waals surface area contributed by atoms with E-state index in [0.29, 0.717) is 0 Å². The molecule has 0 atom stereocenters. The van der Waals surface area contributed by atoms with Crippen LogP contribution in [0.5, 0.6) is 5.88 Å². The van der Waals surface area contributed by atoms with Crippen LogP contribution in [-0.2, 0) is 0 Å². The predicted octanol–water partition coefficient (Wildman–Crippen LogP) is -3.00. The fourth-order valence-electron chi connectivity index (χ4n) is 0.565. The van der Waals surface area contributed by atoms with Crippen molar-refractivity contribution in [1.82, 2.24) is 9.97 Å².